The molecule has 0 unspecified atom stereocenters. The third kappa shape index (κ3) is 5.08. The molecule has 0 fully saturated rings. The van der Waals surface area contributed by atoms with Crippen molar-refractivity contribution < 1.29 is 4.74 Å². The first-order chi connectivity index (χ1) is 8.30. The molecule has 0 aliphatic rings. The van der Waals surface area contributed by atoms with Crippen molar-refractivity contribution in [3.63, 3.8) is 0 Å². The number of aryl methyl sites for hydroxylation is 1. The normalized spacial score (nSPS) is 10.2. The average molecular weight is 232 g/mol. The Hall–Kier alpha value is -1.24. The van der Waals surface area contributed by atoms with Gasteiger partial charge in [-0.25, -0.2) is 0 Å². The molecule has 0 aromatic heterocycles. The van der Waals surface area contributed by atoms with E-state index >= 15 is 0 Å². The molecule has 0 aliphatic carbocycles. The van der Waals surface area contributed by atoms with E-state index in [1.54, 1.807) is 0 Å². The standard InChI is InChI=1S/C16H24O/c1-4-7-9-15-11-14(6-3)12-16(13-15)17-10-8-5-2/h6,11-13H,3-5,7-10H2,1-2H3. The molecule has 94 valence electrons. The molecule has 1 aromatic carbocycles. The Morgan fingerprint density at radius 2 is 1.88 bits per heavy atom. The van der Waals surface area contributed by atoms with Gasteiger partial charge in [0, 0.05) is 0 Å². The van der Waals surface area contributed by atoms with Crippen LogP contribution in [-0.2, 0) is 6.42 Å². The van der Waals surface area contributed by atoms with Gasteiger partial charge >= 0.3 is 0 Å². The minimum Gasteiger partial charge on any atom is -0.494 e. The van der Waals surface area contributed by atoms with Crippen molar-refractivity contribution in [2.24, 2.45) is 0 Å². The zero-order valence-corrected chi connectivity index (χ0v) is 11.2. The van der Waals surface area contributed by atoms with Gasteiger partial charge in [-0.05, 0) is 42.5 Å². The van der Waals surface area contributed by atoms with Crippen molar-refractivity contribution in [1.82, 2.24) is 0 Å². The van der Waals surface area contributed by atoms with Gasteiger partial charge in [0.25, 0.3) is 0 Å². The summed E-state index contributed by atoms with van der Waals surface area (Å²) in [5.74, 6) is 0.988. The molecule has 0 saturated heterocycles. The van der Waals surface area contributed by atoms with Crippen LogP contribution in [-0.4, -0.2) is 6.61 Å². The molecule has 0 amide bonds. The van der Waals surface area contributed by atoms with Crippen LogP contribution in [0.1, 0.15) is 50.7 Å². The molecule has 0 heterocycles. The maximum atomic E-state index is 5.76. The monoisotopic (exact) mass is 232 g/mol. The molecule has 0 atom stereocenters. The third-order valence-corrected chi connectivity index (χ3v) is 2.81. The molecular formula is C16H24O. The van der Waals surface area contributed by atoms with Gasteiger partial charge in [-0.2, -0.15) is 0 Å². The van der Waals surface area contributed by atoms with Gasteiger partial charge in [0.15, 0.2) is 0 Å². The Kier molecular flexibility index (Phi) is 6.46. The summed E-state index contributed by atoms with van der Waals surface area (Å²) in [5.41, 5.74) is 2.51. The van der Waals surface area contributed by atoms with E-state index in [1.165, 1.54) is 24.8 Å². The molecule has 0 aliphatic heterocycles. The van der Waals surface area contributed by atoms with Crippen LogP contribution < -0.4 is 4.74 Å². The number of hydrogen-bond acceptors (Lipinski definition) is 1. The predicted molar refractivity (Wildman–Crippen MR) is 75.5 cm³/mol. The lowest BCUT2D eigenvalue weighted by Crippen LogP contribution is -1.98. The van der Waals surface area contributed by atoms with Gasteiger partial charge in [-0.3, -0.25) is 0 Å². The van der Waals surface area contributed by atoms with E-state index in [9.17, 15) is 0 Å². The third-order valence-electron chi connectivity index (χ3n) is 2.81. The second kappa shape index (κ2) is 7.94. The largest absolute Gasteiger partial charge is 0.494 e. The summed E-state index contributed by atoms with van der Waals surface area (Å²) in [6, 6.07) is 6.44. The van der Waals surface area contributed by atoms with E-state index < -0.39 is 0 Å². The molecule has 0 spiro atoms. The lowest BCUT2D eigenvalue weighted by molar-refractivity contribution is 0.309. The van der Waals surface area contributed by atoms with Crippen molar-refractivity contribution in [3.8, 4) is 5.75 Å². The molecule has 0 saturated carbocycles. The van der Waals surface area contributed by atoms with Crippen LogP contribution in [0.4, 0.5) is 0 Å². The first-order valence-corrected chi connectivity index (χ1v) is 6.69. The fourth-order valence-corrected chi connectivity index (χ4v) is 1.75. The van der Waals surface area contributed by atoms with Gasteiger partial charge in [0.1, 0.15) is 5.75 Å². The number of rotatable bonds is 8. The van der Waals surface area contributed by atoms with Crippen LogP contribution in [0.3, 0.4) is 0 Å². The summed E-state index contributed by atoms with van der Waals surface area (Å²) >= 11 is 0. The van der Waals surface area contributed by atoms with Gasteiger partial charge in [0.05, 0.1) is 6.61 Å². The Labute approximate surface area is 106 Å². The summed E-state index contributed by atoms with van der Waals surface area (Å²) in [4.78, 5) is 0. The molecule has 17 heavy (non-hydrogen) atoms. The van der Waals surface area contributed by atoms with E-state index in [1.807, 2.05) is 6.08 Å². The van der Waals surface area contributed by atoms with Crippen molar-refractivity contribution in [2.45, 2.75) is 46.0 Å². The highest BCUT2D eigenvalue weighted by atomic mass is 16.5. The summed E-state index contributed by atoms with van der Waals surface area (Å²) in [6.45, 7) is 9.04. The number of ether oxygens (including phenoxy) is 1. The molecule has 1 aromatic rings. The minimum atomic E-state index is 0.810. The second-order valence-electron chi connectivity index (χ2n) is 4.42. The summed E-state index contributed by atoms with van der Waals surface area (Å²) in [7, 11) is 0. The van der Waals surface area contributed by atoms with Gasteiger partial charge in [-0.1, -0.05) is 45.4 Å². The maximum absolute atomic E-state index is 5.76. The van der Waals surface area contributed by atoms with Gasteiger partial charge in [0.2, 0.25) is 0 Å². The SMILES string of the molecule is C=Cc1cc(CCCC)cc(OCCCC)c1. The average Bonchev–Trinajstić information content (AvgIpc) is 2.36. The van der Waals surface area contributed by atoms with E-state index in [4.69, 9.17) is 4.74 Å². The smallest absolute Gasteiger partial charge is 0.120 e. The van der Waals surface area contributed by atoms with Crippen molar-refractivity contribution >= 4 is 6.08 Å². The topological polar surface area (TPSA) is 9.23 Å². The Balaban J connectivity index is 2.70. The summed E-state index contributed by atoms with van der Waals surface area (Å²) in [6.07, 6.45) is 7.76. The highest BCUT2D eigenvalue weighted by Gasteiger charge is 2.00. The molecule has 0 N–H and O–H groups in total. The lowest BCUT2D eigenvalue weighted by Gasteiger charge is -2.09. The molecular weight excluding hydrogens is 208 g/mol. The highest BCUT2D eigenvalue weighted by Crippen LogP contribution is 2.20. The summed E-state index contributed by atoms with van der Waals surface area (Å²) < 4.78 is 5.76. The quantitative estimate of drug-likeness (QED) is 0.582. The van der Waals surface area contributed by atoms with E-state index in [2.05, 4.69) is 38.6 Å². The van der Waals surface area contributed by atoms with Crippen LogP contribution in [0.5, 0.6) is 5.75 Å². The Morgan fingerprint density at radius 3 is 2.53 bits per heavy atom. The van der Waals surface area contributed by atoms with E-state index in [-0.39, 0.29) is 0 Å². The van der Waals surface area contributed by atoms with E-state index in [0.717, 1.165) is 30.8 Å². The van der Waals surface area contributed by atoms with Crippen LogP contribution >= 0.6 is 0 Å². The van der Waals surface area contributed by atoms with Crippen LogP contribution in [0, 0.1) is 0 Å². The van der Waals surface area contributed by atoms with Crippen molar-refractivity contribution in [3.05, 3.63) is 35.9 Å². The summed E-state index contributed by atoms with van der Waals surface area (Å²) in [5, 5.41) is 0. The van der Waals surface area contributed by atoms with Crippen LogP contribution in [0.2, 0.25) is 0 Å². The second-order valence-corrected chi connectivity index (χ2v) is 4.42. The molecule has 1 heteroatoms. The van der Waals surface area contributed by atoms with Gasteiger partial charge < -0.3 is 4.74 Å². The first-order valence-electron chi connectivity index (χ1n) is 6.69. The van der Waals surface area contributed by atoms with Crippen molar-refractivity contribution in [2.75, 3.05) is 6.61 Å². The van der Waals surface area contributed by atoms with Crippen LogP contribution in [0.15, 0.2) is 24.8 Å². The fraction of sp³-hybridized carbons (Fsp3) is 0.500. The molecule has 0 bridgehead atoms. The number of hydrogen-bond donors (Lipinski definition) is 0. The lowest BCUT2D eigenvalue weighted by atomic mass is 10.0. The zero-order valence-electron chi connectivity index (χ0n) is 11.2. The Bertz CT molecular complexity index is 341. The molecule has 0 radical (unpaired) electrons. The number of unbranched alkanes of at least 4 members (excludes halogenated alkanes) is 2. The van der Waals surface area contributed by atoms with Crippen LogP contribution in [0.25, 0.3) is 6.08 Å². The zero-order chi connectivity index (χ0) is 12.5. The van der Waals surface area contributed by atoms with Gasteiger partial charge in [-0.15, -0.1) is 0 Å². The van der Waals surface area contributed by atoms with E-state index in [0.29, 0.717) is 0 Å². The minimum absolute atomic E-state index is 0.810. The maximum Gasteiger partial charge on any atom is 0.120 e. The first kappa shape index (κ1) is 13.8. The molecule has 1 rings (SSSR count). The fourth-order valence-electron chi connectivity index (χ4n) is 1.75. The number of benzene rings is 1. The predicted octanol–water partition coefficient (Wildman–Crippen LogP) is 4.85. The Morgan fingerprint density at radius 1 is 1.12 bits per heavy atom. The highest BCUT2D eigenvalue weighted by molar-refractivity contribution is 5.51. The van der Waals surface area contributed by atoms with Crippen molar-refractivity contribution in [1.29, 1.82) is 0 Å². The molecule has 1 nitrogen and oxygen atoms in total.